The van der Waals surface area contributed by atoms with E-state index in [2.05, 4.69) is 21.2 Å². The highest BCUT2D eigenvalue weighted by atomic mass is 31.0. The topological polar surface area (TPSA) is 12.4 Å². The summed E-state index contributed by atoms with van der Waals surface area (Å²) in [7, 11) is 2.64. The highest BCUT2D eigenvalue weighted by Crippen LogP contribution is 2.14. The lowest BCUT2D eigenvalue weighted by Crippen LogP contribution is -1.73. The molecule has 0 aromatic rings. The van der Waals surface area contributed by atoms with Gasteiger partial charge in [0.2, 0.25) is 0 Å². The second kappa shape index (κ2) is 1.75. The zero-order valence-electron chi connectivity index (χ0n) is 4.31. The van der Waals surface area contributed by atoms with Crippen LogP contribution in [-0.4, -0.2) is 12.8 Å². The van der Waals surface area contributed by atoms with Gasteiger partial charge in [-0.3, -0.25) is 4.99 Å². The molecule has 1 heterocycles. The number of rotatable bonds is 0. The molecule has 1 aliphatic rings. The van der Waals surface area contributed by atoms with E-state index in [-0.39, 0.29) is 0 Å². The Bertz CT molecular complexity index is 135. The van der Waals surface area contributed by atoms with E-state index in [1.165, 1.54) is 10.9 Å². The number of hydrogen-bond acceptors (Lipinski definition) is 1. The van der Waals surface area contributed by atoms with Crippen LogP contribution in [0.3, 0.4) is 0 Å². The summed E-state index contributed by atoms with van der Waals surface area (Å²) in [5.41, 5.74) is 1.37. The lowest BCUT2D eigenvalue weighted by Gasteiger charge is -1.85. The fourth-order valence-electron chi connectivity index (χ4n) is 0.482. The normalized spacial score (nSPS) is 19.1. The minimum Gasteiger partial charge on any atom is -0.288 e. The number of nitrogens with zero attached hydrogens (tertiary/aromatic N) is 1. The van der Waals surface area contributed by atoms with Crippen LogP contribution in [0.2, 0.25) is 0 Å². The van der Waals surface area contributed by atoms with E-state index in [4.69, 9.17) is 0 Å². The minimum atomic E-state index is 0.902. The van der Waals surface area contributed by atoms with Crippen molar-refractivity contribution in [3.05, 3.63) is 10.9 Å². The summed E-state index contributed by atoms with van der Waals surface area (Å²) in [6, 6.07) is 0. The van der Waals surface area contributed by atoms with Crippen molar-refractivity contribution in [1.82, 2.24) is 0 Å². The fourth-order valence-corrected chi connectivity index (χ4v) is 0.679. The van der Waals surface area contributed by atoms with Gasteiger partial charge in [-0.25, -0.2) is 0 Å². The van der Waals surface area contributed by atoms with Crippen molar-refractivity contribution in [3.63, 3.8) is 0 Å². The molecule has 1 unspecified atom stereocenters. The third kappa shape index (κ3) is 0.889. The van der Waals surface area contributed by atoms with Crippen LogP contribution in [0.4, 0.5) is 0 Å². The molecule has 0 aromatic heterocycles. The summed E-state index contributed by atoms with van der Waals surface area (Å²) in [5, 5.41) is 1.25. The Hall–Kier alpha value is -0.160. The molecule has 0 saturated carbocycles. The Morgan fingerprint density at radius 2 is 2.57 bits per heavy atom. The molecule has 1 rings (SSSR count). The van der Waals surface area contributed by atoms with Gasteiger partial charge in [0.05, 0.1) is 6.54 Å². The highest BCUT2D eigenvalue weighted by molar-refractivity contribution is 7.24. The first-order chi connectivity index (χ1) is 3.30. The van der Waals surface area contributed by atoms with E-state index < -0.39 is 0 Å². The maximum absolute atomic E-state index is 4.03. The first kappa shape index (κ1) is 4.99. The fraction of sp³-hybridized carbons (Fsp3) is 0.400. The molecule has 1 nitrogen and oxygen atoms in total. The average molecular weight is 113 g/mol. The van der Waals surface area contributed by atoms with Crippen LogP contribution in [0.5, 0.6) is 0 Å². The van der Waals surface area contributed by atoms with Gasteiger partial charge in [-0.1, -0.05) is 0 Å². The molecule has 0 spiro atoms. The predicted molar refractivity (Wildman–Crippen MR) is 35.8 cm³/mol. The molecule has 0 bridgehead atoms. The van der Waals surface area contributed by atoms with Crippen molar-refractivity contribution in [3.8, 4) is 0 Å². The molecule has 38 valence electrons. The van der Waals surface area contributed by atoms with Crippen LogP contribution in [0, 0.1) is 0 Å². The van der Waals surface area contributed by atoms with Gasteiger partial charge in [0, 0.05) is 6.21 Å². The van der Waals surface area contributed by atoms with E-state index in [9.17, 15) is 0 Å². The van der Waals surface area contributed by atoms with Crippen molar-refractivity contribution in [1.29, 1.82) is 0 Å². The van der Waals surface area contributed by atoms with Crippen LogP contribution in [0.1, 0.15) is 6.92 Å². The molecule has 2 heteroatoms. The number of hydrogen-bond donors (Lipinski definition) is 0. The molecule has 0 aliphatic carbocycles. The maximum Gasteiger partial charge on any atom is 0.0606 e. The molecular weight excluding hydrogens is 105 g/mol. The van der Waals surface area contributed by atoms with Crippen LogP contribution in [-0.2, 0) is 0 Å². The Balaban J connectivity index is 2.79. The molecule has 1 atom stereocenters. The number of allylic oxidation sites excluding steroid dienone is 1. The van der Waals surface area contributed by atoms with E-state index in [1.807, 2.05) is 6.21 Å². The second-order valence-electron chi connectivity index (χ2n) is 1.71. The average Bonchev–Trinajstić information content (AvgIpc) is 1.91. The summed E-state index contributed by atoms with van der Waals surface area (Å²) in [6.45, 7) is 2.99. The van der Waals surface area contributed by atoms with Crippen LogP contribution in [0.25, 0.3) is 0 Å². The van der Waals surface area contributed by atoms with Crippen LogP contribution >= 0.6 is 9.24 Å². The van der Waals surface area contributed by atoms with Gasteiger partial charge in [-0.15, -0.1) is 9.24 Å². The quantitative estimate of drug-likeness (QED) is 0.419. The van der Waals surface area contributed by atoms with Gasteiger partial charge in [0.15, 0.2) is 0 Å². The summed E-state index contributed by atoms with van der Waals surface area (Å²) < 4.78 is 0. The Labute approximate surface area is 45.7 Å². The summed E-state index contributed by atoms with van der Waals surface area (Å²) in [4.78, 5) is 4.03. The Morgan fingerprint density at radius 3 is 2.71 bits per heavy atom. The van der Waals surface area contributed by atoms with Crippen molar-refractivity contribution in [2.45, 2.75) is 6.92 Å². The van der Waals surface area contributed by atoms with Crippen molar-refractivity contribution in [2.75, 3.05) is 6.54 Å². The van der Waals surface area contributed by atoms with E-state index in [0.717, 1.165) is 6.54 Å². The molecule has 0 saturated heterocycles. The first-order valence-corrected chi connectivity index (χ1v) is 2.83. The number of aliphatic imine (C=N–C) groups is 1. The maximum atomic E-state index is 4.03. The van der Waals surface area contributed by atoms with Gasteiger partial charge >= 0.3 is 0 Å². The third-order valence-corrected chi connectivity index (χ3v) is 1.69. The monoisotopic (exact) mass is 113 g/mol. The highest BCUT2D eigenvalue weighted by Gasteiger charge is 1.97. The van der Waals surface area contributed by atoms with Gasteiger partial charge in [0.25, 0.3) is 0 Å². The lowest BCUT2D eigenvalue weighted by atomic mass is 10.3. The van der Waals surface area contributed by atoms with Crippen molar-refractivity contribution >= 4 is 15.5 Å². The van der Waals surface area contributed by atoms with E-state index in [0.29, 0.717) is 0 Å². The third-order valence-electron chi connectivity index (χ3n) is 1.05. The van der Waals surface area contributed by atoms with Crippen LogP contribution in [0.15, 0.2) is 15.9 Å². The summed E-state index contributed by atoms with van der Waals surface area (Å²) >= 11 is 0. The van der Waals surface area contributed by atoms with E-state index in [1.54, 1.807) is 0 Å². The molecule has 0 aromatic carbocycles. The Morgan fingerprint density at radius 1 is 1.86 bits per heavy atom. The molecule has 1 aliphatic heterocycles. The smallest absolute Gasteiger partial charge is 0.0606 e. The molecular formula is C5H8NP. The first-order valence-electron chi connectivity index (χ1n) is 2.26. The Kier molecular flexibility index (Phi) is 1.25. The minimum absolute atomic E-state index is 0.902. The van der Waals surface area contributed by atoms with Gasteiger partial charge in [-0.2, -0.15) is 0 Å². The molecule has 0 fully saturated rings. The second-order valence-corrected chi connectivity index (χ2v) is 2.33. The largest absolute Gasteiger partial charge is 0.288 e. The van der Waals surface area contributed by atoms with Crippen molar-refractivity contribution < 1.29 is 0 Å². The van der Waals surface area contributed by atoms with Gasteiger partial charge in [0.1, 0.15) is 0 Å². The zero-order valence-corrected chi connectivity index (χ0v) is 5.46. The molecule has 0 amide bonds. The molecule has 7 heavy (non-hydrogen) atoms. The molecule has 0 N–H and O–H groups in total. The molecule has 0 radical (unpaired) electrons. The zero-order chi connectivity index (χ0) is 5.28. The van der Waals surface area contributed by atoms with Gasteiger partial charge < -0.3 is 0 Å². The predicted octanol–water partition coefficient (Wildman–Crippen LogP) is 1.22. The summed E-state index contributed by atoms with van der Waals surface area (Å²) in [5.74, 6) is 0. The van der Waals surface area contributed by atoms with Crippen LogP contribution < -0.4 is 0 Å². The van der Waals surface area contributed by atoms with Crippen molar-refractivity contribution in [2.24, 2.45) is 4.99 Å². The lowest BCUT2D eigenvalue weighted by molar-refractivity contribution is 1.18. The standard InChI is InChI=1S/C5H8NP/c1-4-2-6-3-5(4)7/h3H,2,7H2,1H3. The van der Waals surface area contributed by atoms with Gasteiger partial charge in [-0.05, 0) is 17.8 Å². The summed E-state index contributed by atoms with van der Waals surface area (Å²) in [6.07, 6.45) is 1.89. The SMILES string of the molecule is CC1=C(P)C=NC1. The van der Waals surface area contributed by atoms with E-state index >= 15 is 0 Å².